The van der Waals surface area contributed by atoms with Gasteiger partial charge in [-0.2, -0.15) is 0 Å². The van der Waals surface area contributed by atoms with Gasteiger partial charge in [0, 0.05) is 37.0 Å². The number of pyridine rings is 1. The molecule has 6 nitrogen and oxygen atoms in total. The molecule has 0 N–H and O–H groups in total. The molecular weight excluding hydrogens is 371 g/mol. The maximum atomic E-state index is 14.1. The van der Waals surface area contributed by atoms with E-state index in [1.807, 2.05) is 18.3 Å². The lowest BCUT2D eigenvalue weighted by molar-refractivity contribution is 0.310. The Morgan fingerprint density at radius 3 is 2.79 bits per heavy atom. The summed E-state index contributed by atoms with van der Waals surface area (Å²) in [5.74, 6) is 0.377. The number of likely N-dealkylation sites (N-methyl/N-ethyl adjacent to an activating group) is 1. The molecule has 0 amide bonds. The molecule has 0 radical (unpaired) electrons. The van der Waals surface area contributed by atoms with Gasteiger partial charge >= 0.3 is 0 Å². The van der Waals surface area contributed by atoms with E-state index in [-0.39, 0.29) is 11.3 Å². The molecule has 2 aromatic heterocycles. The Balaban J connectivity index is 1.49. The minimum atomic E-state index is -0.480. The molecule has 1 aromatic carbocycles. The van der Waals surface area contributed by atoms with Crippen molar-refractivity contribution in [3.8, 4) is 17.0 Å². The fraction of sp³-hybridized carbons (Fsp3) is 0.364. The number of ether oxygens (including phenoxy) is 1. The number of methoxy groups -OCH3 is 1. The summed E-state index contributed by atoms with van der Waals surface area (Å²) in [7, 11) is 3.61. The number of nitrogens with zero attached hydrogens (tertiary/aromatic N) is 4. The minimum Gasteiger partial charge on any atom is -0.494 e. The summed E-state index contributed by atoms with van der Waals surface area (Å²) in [6.07, 6.45) is 3.10. The van der Waals surface area contributed by atoms with E-state index < -0.39 is 5.82 Å². The molecule has 0 aliphatic carbocycles. The first-order valence-electron chi connectivity index (χ1n) is 9.86. The van der Waals surface area contributed by atoms with Crippen molar-refractivity contribution in [2.75, 3.05) is 38.7 Å². The fourth-order valence-corrected chi connectivity index (χ4v) is 4.64. The Kier molecular flexibility index (Phi) is 4.28. The molecule has 2 saturated heterocycles. The molecule has 150 valence electrons. The van der Waals surface area contributed by atoms with Crippen molar-refractivity contribution in [1.29, 1.82) is 0 Å². The van der Waals surface area contributed by atoms with Crippen LogP contribution < -0.4 is 15.2 Å². The largest absolute Gasteiger partial charge is 0.494 e. The second-order valence-electron chi connectivity index (χ2n) is 7.95. The molecule has 4 heterocycles. The van der Waals surface area contributed by atoms with E-state index in [2.05, 4.69) is 21.8 Å². The first-order chi connectivity index (χ1) is 14.0. The summed E-state index contributed by atoms with van der Waals surface area (Å²) in [6.45, 7) is 3.17. The van der Waals surface area contributed by atoms with Gasteiger partial charge in [-0.3, -0.25) is 9.20 Å². The van der Waals surface area contributed by atoms with E-state index in [1.54, 1.807) is 16.5 Å². The molecule has 3 aromatic rings. The van der Waals surface area contributed by atoms with Gasteiger partial charge in [0.15, 0.2) is 11.6 Å². The fourth-order valence-electron chi connectivity index (χ4n) is 4.64. The molecule has 7 heteroatoms. The van der Waals surface area contributed by atoms with Crippen LogP contribution in [0.2, 0.25) is 0 Å². The monoisotopic (exact) mass is 394 g/mol. The zero-order valence-corrected chi connectivity index (χ0v) is 16.5. The number of fused-ring (bicyclic) bond motifs is 2. The van der Waals surface area contributed by atoms with Crippen molar-refractivity contribution >= 4 is 11.3 Å². The van der Waals surface area contributed by atoms with Gasteiger partial charge in [-0.25, -0.2) is 9.37 Å². The van der Waals surface area contributed by atoms with E-state index >= 15 is 0 Å². The van der Waals surface area contributed by atoms with Crippen LogP contribution in [0.4, 0.5) is 10.1 Å². The quantitative estimate of drug-likeness (QED) is 0.684. The van der Waals surface area contributed by atoms with Gasteiger partial charge in [-0.15, -0.1) is 0 Å². The zero-order chi connectivity index (χ0) is 20.1. The molecule has 2 aliphatic rings. The van der Waals surface area contributed by atoms with Gasteiger partial charge < -0.3 is 14.5 Å². The van der Waals surface area contributed by atoms with Crippen LogP contribution in [0.25, 0.3) is 16.9 Å². The highest BCUT2D eigenvalue weighted by Crippen LogP contribution is 2.33. The number of aromatic nitrogens is 2. The Hall–Kier alpha value is -2.93. The maximum absolute atomic E-state index is 14.1. The van der Waals surface area contributed by atoms with Crippen LogP contribution in [0.3, 0.4) is 0 Å². The Morgan fingerprint density at radius 1 is 1.17 bits per heavy atom. The Bertz CT molecular complexity index is 1150. The second kappa shape index (κ2) is 6.84. The number of halogens is 1. The molecular formula is C22H23FN4O2. The van der Waals surface area contributed by atoms with E-state index in [4.69, 9.17) is 4.74 Å². The number of hydrogen-bond donors (Lipinski definition) is 0. The van der Waals surface area contributed by atoms with Gasteiger partial charge in [-0.1, -0.05) is 0 Å². The highest BCUT2D eigenvalue weighted by atomic mass is 19.1. The SMILES string of the molecule is COc1ccc(-c2cc(=O)n3cc(N4CC5CCN(C)C5C4)ccc3n2)cc1F. The lowest BCUT2D eigenvalue weighted by Crippen LogP contribution is -2.32. The van der Waals surface area contributed by atoms with Crippen molar-refractivity contribution in [1.82, 2.24) is 14.3 Å². The average Bonchev–Trinajstić information content (AvgIpc) is 3.30. The molecule has 2 unspecified atom stereocenters. The molecule has 5 rings (SSSR count). The van der Waals surface area contributed by atoms with Crippen LogP contribution in [0.1, 0.15) is 6.42 Å². The molecule has 0 spiro atoms. The van der Waals surface area contributed by atoms with Crippen molar-refractivity contribution in [2.24, 2.45) is 5.92 Å². The van der Waals surface area contributed by atoms with Crippen LogP contribution in [0.5, 0.6) is 5.75 Å². The van der Waals surface area contributed by atoms with E-state index in [0.717, 1.165) is 18.8 Å². The third kappa shape index (κ3) is 3.06. The smallest absolute Gasteiger partial charge is 0.258 e. The summed E-state index contributed by atoms with van der Waals surface area (Å²) in [5.41, 5.74) is 2.39. The number of anilines is 1. The lowest BCUT2D eigenvalue weighted by atomic mass is 10.1. The third-order valence-corrected chi connectivity index (χ3v) is 6.28. The summed E-state index contributed by atoms with van der Waals surface area (Å²) >= 11 is 0. The van der Waals surface area contributed by atoms with Crippen LogP contribution in [0.15, 0.2) is 47.4 Å². The third-order valence-electron chi connectivity index (χ3n) is 6.28. The van der Waals surface area contributed by atoms with Crippen LogP contribution >= 0.6 is 0 Å². The first-order valence-corrected chi connectivity index (χ1v) is 9.86. The van der Waals surface area contributed by atoms with Crippen LogP contribution in [-0.4, -0.2) is 54.1 Å². The number of likely N-dealkylation sites (tertiary alicyclic amines) is 1. The molecule has 0 saturated carbocycles. The van der Waals surface area contributed by atoms with E-state index in [0.29, 0.717) is 28.9 Å². The number of rotatable bonds is 3. The van der Waals surface area contributed by atoms with Crippen LogP contribution in [-0.2, 0) is 0 Å². The topological polar surface area (TPSA) is 50.1 Å². The average molecular weight is 394 g/mol. The van der Waals surface area contributed by atoms with Crippen molar-refractivity contribution in [3.05, 3.63) is 58.8 Å². The summed E-state index contributed by atoms with van der Waals surface area (Å²) in [6, 6.07) is 10.5. The Morgan fingerprint density at radius 2 is 2.03 bits per heavy atom. The first kappa shape index (κ1) is 18.1. The van der Waals surface area contributed by atoms with Crippen molar-refractivity contribution < 1.29 is 9.13 Å². The molecule has 29 heavy (non-hydrogen) atoms. The van der Waals surface area contributed by atoms with Gasteiger partial charge in [0.25, 0.3) is 5.56 Å². The highest BCUT2D eigenvalue weighted by Gasteiger charge is 2.39. The predicted octanol–water partition coefficient (Wildman–Crippen LogP) is 2.65. The van der Waals surface area contributed by atoms with Gasteiger partial charge in [0.05, 0.1) is 18.5 Å². The van der Waals surface area contributed by atoms with Crippen molar-refractivity contribution in [3.63, 3.8) is 0 Å². The Labute approximate surface area is 168 Å². The maximum Gasteiger partial charge on any atom is 0.258 e. The number of benzene rings is 1. The van der Waals surface area contributed by atoms with Crippen molar-refractivity contribution in [2.45, 2.75) is 12.5 Å². The summed E-state index contributed by atoms with van der Waals surface area (Å²) < 4.78 is 20.6. The van der Waals surface area contributed by atoms with E-state index in [9.17, 15) is 9.18 Å². The van der Waals surface area contributed by atoms with Gasteiger partial charge in [0.2, 0.25) is 0 Å². The van der Waals surface area contributed by atoms with E-state index in [1.165, 1.54) is 32.2 Å². The predicted molar refractivity (Wildman–Crippen MR) is 110 cm³/mol. The summed E-state index contributed by atoms with van der Waals surface area (Å²) in [5, 5.41) is 0. The number of hydrogen-bond acceptors (Lipinski definition) is 5. The lowest BCUT2D eigenvalue weighted by Gasteiger charge is -2.22. The minimum absolute atomic E-state index is 0.164. The normalized spacial score (nSPS) is 21.7. The highest BCUT2D eigenvalue weighted by molar-refractivity contribution is 5.63. The zero-order valence-electron chi connectivity index (χ0n) is 16.5. The standard InChI is InChI=1S/C22H23FN4O2/c1-25-8-7-15-11-26(13-19(15)25)16-4-6-21-24-18(10-22(28)27(21)12-16)14-3-5-20(29-2)17(23)9-14/h3-6,9-10,12,15,19H,7-8,11,13H2,1-2H3. The molecule has 2 fully saturated rings. The molecule has 2 atom stereocenters. The van der Waals surface area contributed by atoms with Crippen LogP contribution in [0, 0.1) is 11.7 Å². The van der Waals surface area contributed by atoms with Gasteiger partial charge in [-0.05, 0) is 56.3 Å². The molecule has 0 bridgehead atoms. The van der Waals surface area contributed by atoms with Gasteiger partial charge in [0.1, 0.15) is 5.65 Å². The molecule has 2 aliphatic heterocycles. The second-order valence-corrected chi connectivity index (χ2v) is 7.95. The summed E-state index contributed by atoms with van der Waals surface area (Å²) in [4.78, 5) is 22.1.